The number of ether oxygens (including phenoxy) is 1. The van der Waals surface area contributed by atoms with Crippen LogP contribution < -0.4 is 5.56 Å². The fourth-order valence-electron chi connectivity index (χ4n) is 1.56. The first kappa shape index (κ1) is 13.4. The Bertz CT molecular complexity index is 729. The molecule has 0 saturated heterocycles. The molecule has 0 aliphatic heterocycles. The Morgan fingerprint density at radius 1 is 1.35 bits per heavy atom. The number of carbonyl (C=O) groups excluding carboxylic acids is 1. The summed E-state index contributed by atoms with van der Waals surface area (Å²) in [6, 6.07) is 11.5. The average molecular weight is 270 g/mol. The molecule has 2 N–H and O–H groups in total. The van der Waals surface area contributed by atoms with Crippen molar-refractivity contribution in [1.82, 2.24) is 4.98 Å². The van der Waals surface area contributed by atoms with E-state index in [1.807, 2.05) is 6.07 Å². The van der Waals surface area contributed by atoms with Gasteiger partial charge in [-0.05, 0) is 5.56 Å². The van der Waals surface area contributed by atoms with Crippen molar-refractivity contribution >= 4 is 5.97 Å². The molecule has 0 spiro atoms. The van der Waals surface area contributed by atoms with Gasteiger partial charge in [-0.2, -0.15) is 5.26 Å². The van der Waals surface area contributed by atoms with Crippen LogP contribution in [0.5, 0.6) is 5.75 Å². The number of hydrogen-bond donors (Lipinski definition) is 2. The highest BCUT2D eigenvalue weighted by atomic mass is 16.5. The molecule has 6 heteroatoms. The van der Waals surface area contributed by atoms with Crippen LogP contribution in [-0.2, 0) is 11.3 Å². The largest absolute Gasteiger partial charge is 0.506 e. The molecule has 0 amide bonds. The minimum atomic E-state index is -0.834. The van der Waals surface area contributed by atoms with Crippen molar-refractivity contribution in [2.75, 3.05) is 0 Å². The molecule has 0 atom stereocenters. The van der Waals surface area contributed by atoms with Crippen LogP contribution >= 0.6 is 0 Å². The van der Waals surface area contributed by atoms with Crippen LogP contribution in [0.25, 0.3) is 0 Å². The fourth-order valence-corrected chi connectivity index (χ4v) is 1.56. The number of hydrogen-bond acceptors (Lipinski definition) is 5. The molecule has 1 heterocycles. The Morgan fingerprint density at radius 2 is 2.05 bits per heavy atom. The van der Waals surface area contributed by atoms with Crippen LogP contribution in [0.1, 0.15) is 21.6 Å². The summed E-state index contributed by atoms with van der Waals surface area (Å²) in [6.07, 6.45) is 0. The topological polar surface area (TPSA) is 103 Å². The van der Waals surface area contributed by atoms with Crippen molar-refractivity contribution in [3.05, 3.63) is 63.6 Å². The second-order valence-electron chi connectivity index (χ2n) is 3.95. The van der Waals surface area contributed by atoms with Crippen LogP contribution in [0, 0.1) is 11.3 Å². The molecule has 1 aromatic heterocycles. The third-order valence-corrected chi connectivity index (χ3v) is 2.56. The van der Waals surface area contributed by atoms with Crippen molar-refractivity contribution in [3.8, 4) is 11.8 Å². The van der Waals surface area contributed by atoms with Gasteiger partial charge in [0.25, 0.3) is 5.56 Å². The minimum Gasteiger partial charge on any atom is -0.506 e. The molecule has 0 unspecified atom stereocenters. The average Bonchev–Trinajstić information content (AvgIpc) is 2.45. The Balaban J connectivity index is 2.15. The van der Waals surface area contributed by atoms with Crippen molar-refractivity contribution in [3.63, 3.8) is 0 Å². The molecule has 100 valence electrons. The van der Waals surface area contributed by atoms with E-state index in [2.05, 4.69) is 4.98 Å². The first-order valence-corrected chi connectivity index (χ1v) is 5.69. The molecule has 0 saturated carbocycles. The number of esters is 1. The zero-order chi connectivity index (χ0) is 14.5. The number of nitrogens with one attached hydrogen (secondary N) is 1. The Kier molecular flexibility index (Phi) is 3.82. The number of nitrogens with zero attached hydrogens (tertiary/aromatic N) is 1. The Hall–Kier alpha value is -3.07. The van der Waals surface area contributed by atoms with E-state index in [0.29, 0.717) is 0 Å². The van der Waals surface area contributed by atoms with Crippen LogP contribution in [0.15, 0.2) is 41.2 Å². The third-order valence-electron chi connectivity index (χ3n) is 2.56. The zero-order valence-corrected chi connectivity index (χ0v) is 10.3. The van der Waals surface area contributed by atoms with E-state index in [1.165, 1.54) is 0 Å². The standard InChI is InChI=1S/C14H10N2O4/c15-7-10-12(17)6-11(16-13(10)18)14(19)20-8-9-4-2-1-3-5-9/h1-6H,8H2,(H2,16,17,18). The lowest BCUT2D eigenvalue weighted by atomic mass is 10.2. The lowest BCUT2D eigenvalue weighted by Gasteiger charge is -2.05. The highest BCUT2D eigenvalue weighted by molar-refractivity contribution is 5.87. The molecule has 1 aromatic carbocycles. The van der Waals surface area contributed by atoms with Gasteiger partial charge in [0.05, 0.1) is 0 Å². The number of pyridine rings is 1. The summed E-state index contributed by atoms with van der Waals surface area (Å²) in [4.78, 5) is 25.4. The smallest absolute Gasteiger partial charge is 0.355 e. The molecule has 2 aromatic rings. The molecule has 6 nitrogen and oxygen atoms in total. The van der Waals surface area contributed by atoms with E-state index in [4.69, 9.17) is 10.00 Å². The summed E-state index contributed by atoms with van der Waals surface area (Å²) >= 11 is 0. The highest BCUT2D eigenvalue weighted by Crippen LogP contribution is 2.13. The first-order valence-electron chi connectivity index (χ1n) is 5.69. The van der Waals surface area contributed by atoms with Gasteiger partial charge in [-0.1, -0.05) is 30.3 Å². The van der Waals surface area contributed by atoms with Gasteiger partial charge < -0.3 is 14.8 Å². The van der Waals surface area contributed by atoms with Gasteiger partial charge >= 0.3 is 5.97 Å². The summed E-state index contributed by atoms with van der Waals surface area (Å²) in [6.45, 7) is 0.0441. The molecule has 2 rings (SSSR count). The lowest BCUT2D eigenvalue weighted by molar-refractivity contribution is 0.0465. The van der Waals surface area contributed by atoms with Gasteiger partial charge in [0.2, 0.25) is 0 Å². The van der Waals surface area contributed by atoms with Crippen LogP contribution in [0.2, 0.25) is 0 Å². The van der Waals surface area contributed by atoms with Crippen molar-refractivity contribution in [2.24, 2.45) is 0 Å². The quantitative estimate of drug-likeness (QED) is 0.818. The number of rotatable bonds is 3. The molecule has 0 bridgehead atoms. The van der Waals surface area contributed by atoms with Crippen molar-refractivity contribution in [2.45, 2.75) is 6.61 Å². The summed E-state index contributed by atoms with van der Waals surface area (Å²) in [5.74, 6) is -1.34. The van der Waals surface area contributed by atoms with E-state index in [0.717, 1.165) is 11.6 Å². The number of carbonyl (C=O) groups is 1. The van der Waals surface area contributed by atoms with Crippen LogP contribution in [0.3, 0.4) is 0 Å². The van der Waals surface area contributed by atoms with Crippen LogP contribution in [0.4, 0.5) is 0 Å². The van der Waals surface area contributed by atoms with Crippen LogP contribution in [-0.4, -0.2) is 16.1 Å². The molecule has 0 aliphatic carbocycles. The molecule has 0 radical (unpaired) electrons. The fraction of sp³-hybridized carbons (Fsp3) is 0.0714. The van der Waals surface area contributed by atoms with Crippen molar-refractivity contribution < 1.29 is 14.6 Å². The van der Waals surface area contributed by atoms with Gasteiger partial charge in [0.1, 0.15) is 24.1 Å². The summed E-state index contributed by atoms with van der Waals surface area (Å²) in [5.41, 5.74) is -0.688. The minimum absolute atomic E-state index is 0.0441. The second kappa shape index (κ2) is 5.71. The molecule has 20 heavy (non-hydrogen) atoms. The summed E-state index contributed by atoms with van der Waals surface area (Å²) in [5, 5.41) is 18.1. The normalized spacial score (nSPS) is 9.75. The molecule has 0 fully saturated rings. The van der Waals surface area contributed by atoms with Gasteiger partial charge in [0.15, 0.2) is 5.56 Å². The van der Waals surface area contributed by atoms with E-state index in [9.17, 15) is 14.7 Å². The molecule has 0 aliphatic rings. The van der Waals surface area contributed by atoms with Gasteiger partial charge in [0, 0.05) is 6.07 Å². The Morgan fingerprint density at radius 3 is 2.65 bits per heavy atom. The number of nitriles is 1. The zero-order valence-electron chi connectivity index (χ0n) is 10.3. The SMILES string of the molecule is N#Cc1c(O)cc(C(=O)OCc2ccccc2)[nH]c1=O. The molecular formula is C14H10N2O4. The van der Waals surface area contributed by atoms with Gasteiger partial charge in [-0.3, -0.25) is 4.79 Å². The van der Waals surface area contributed by atoms with Gasteiger partial charge in [-0.25, -0.2) is 4.79 Å². The van der Waals surface area contributed by atoms with E-state index < -0.39 is 22.8 Å². The maximum Gasteiger partial charge on any atom is 0.355 e. The lowest BCUT2D eigenvalue weighted by Crippen LogP contribution is -2.17. The predicted molar refractivity (Wildman–Crippen MR) is 69.0 cm³/mol. The third kappa shape index (κ3) is 2.84. The number of aromatic amines is 1. The number of benzene rings is 1. The number of aromatic hydroxyl groups is 1. The second-order valence-corrected chi connectivity index (χ2v) is 3.95. The van der Waals surface area contributed by atoms with E-state index >= 15 is 0 Å². The van der Waals surface area contributed by atoms with Crippen molar-refractivity contribution in [1.29, 1.82) is 5.26 Å². The first-order chi connectivity index (χ1) is 9.61. The molecular weight excluding hydrogens is 260 g/mol. The van der Waals surface area contributed by atoms with E-state index in [1.54, 1.807) is 30.3 Å². The monoisotopic (exact) mass is 270 g/mol. The predicted octanol–water partition coefficient (Wildman–Crippen LogP) is 1.31. The van der Waals surface area contributed by atoms with E-state index in [-0.39, 0.29) is 12.3 Å². The summed E-state index contributed by atoms with van der Waals surface area (Å²) < 4.78 is 4.99. The Labute approximate surface area is 113 Å². The van der Waals surface area contributed by atoms with Gasteiger partial charge in [-0.15, -0.1) is 0 Å². The number of aromatic nitrogens is 1. The summed E-state index contributed by atoms with van der Waals surface area (Å²) in [7, 11) is 0. The highest BCUT2D eigenvalue weighted by Gasteiger charge is 2.14. The number of H-pyrrole nitrogens is 1. The maximum absolute atomic E-state index is 11.7. The maximum atomic E-state index is 11.7.